The first-order valence-corrected chi connectivity index (χ1v) is 3.91. The summed E-state index contributed by atoms with van der Waals surface area (Å²) in [5, 5.41) is 3.87. The number of ether oxygens (including phenoxy) is 1. The smallest absolute Gasteiger partial charge is 0.339 e. The molecule has 2 aromatic heterocycles. The molecule has 2 rings (SSSR count). The second-order valence-corrected chi connectivity index (χ2v) is 2.68. The fraction of sp³-hybridized carbons (Fsp3) is 0.125. The van der Waals surface area contributed by atoms with E-state index in [9.17, 15) is 4.79 Å². The number of fused-ring (bicyclic) bond motifs is 1. The van der Waals surface area contributed by atoms with Gasteiger partial charge in [0, 0.05) is 6.20 Å². The van der Waals surface area contributed by atoms with Gasteiger partial charge in [-0.1, -0.05) is 0 Å². The fourth-order valence-electron chi connectivity index (χ4n) is 1.14. The number of aromatic nitrogens is 3. The number of pyridine rings is 1. The number of carbonyl (C=O) groups is 1. The average Bonchev–Trinajstić information content (AvgIpc) is 2.55. The Labute approximate surface area is 79.3 Å². The molecule has 72 valence electrons. The predicted molar refractivity (Wildman–Crippen MR) is 48.7 cm³/mol. The van der Waals surface area contributed by atoms with Crippen LogP contribution in [0.15, 0.2) is 18.3 Å². The number of nitrogens with two attached hydrogens (primary N) is 1. The predicted octanol–water partition coefficient (Wildman–Crippen LogP) is 0.0981. The molecule has 2 aromatic rings. The van der Waals surface area contributed by atoms with Crippen molar-refractivity contribution in [1.82, 2.24) is 14.6 Å². The standard InChI is InChI=1S/C8H8N4O2/c1-14-7(13)5-2-3-6-10-8(9)11-12(6)4-5/h2-4H,1H3,(H2,9,11). The highest BCUT2D eigenvalue weighted by Crippen LogP contribution is 2.06. The first-order valence-electron chi connectivity index (χ1n) is 3.91. The lowest BCUT2D eigenvalue weighted by Gasteiger charge is -1.98. The third-order valence-electron chi connectivity index (χ3n) is 1.77. The third kappa shape index (κ3) is 1.26. The first-order chi connectivity index (χ1) is 6.70. The molecule has 0 fully saturated rings. The van der Waals surface area contributed by atoms with Gasteiger partial charge in [-0.25, -0.2) is 9.31 Å². The summed E-state index contributed by atoms with van der Waals surface area (Å²) in [5.41, 5.74) is 6.39. The van der Waals surface area contributed by atoms with Gasteiger partial charge in [0.15, 0.2) is 5.65 Å². The van der Waals surface area contributed by atoms with E-state index >= 15 is 0 Å². The van der Waals surface area contributed by atoms with Gasteiger partial charge in [-0.15, -0.1) is 5.10 Å². The molecule has 0 aromatic carbocycles. The molecule has 0 saturated heterocycles. The maximum absolute atomic E-state index is 11.1. The molecule has 0 unspecified atom stereocenters. The molecule has 2 heterocycles. The van der Waals surface area contributed by atoms with Gasteiger partial charge in [-0.3, -0.25) is 0 Å². The lowest BCUT2D eigenvalue weighted by molar-refractivity contribution is 0.0600. The van der Waals surface area contributed by atoms with Crippen LogP contribution in [0.3, 0.4) is 0 Å². The Hall–Kier alpha value is -2.11. The Morgan fingerprint density at radius 1 is 1.57 bits per heavy atom. The van der Waals surface area contributed by atoms with Gasteiger partial charge in [0.05, 0.1) is 12.7 Å². The van der Waals surface area contributed by atoms with Crippen LogP contribution in [0.1, 0.15) is 10.4 Å². The second-order valence-electron chi connectivity index (χ2n) is 2.68. The zero-order chi connectivity index (χ0) is 10.1. The highest BCUT2D eigenvalue weighted by molar-refractivity contribution is 5.89. The highest BCUT2D eigenvalue weighted by Gasteiger charge is 2.07. The highest BCUT2D eigenvalue weighted by atomic mass is 16.5. The summed E-state index contributed by atoms with van der Waals surface area (Å²) in [7, 11) is 1.32. The van der Waals surface area contributed by atoms with Gasteiger partial charge in [0.25, 0.3) is 0 Å². The normalized spacial score (nSPS) is 10.4. The Bertz CT molecular complexity index is 491. The van der Waals surface area contributed by atoms with Gasteiger partial charge in [-0.05, 0) is 12.1 Å². The quantitative estimate of drug-likeness (QED) is 0.648. The Balaban J connectivity index is 2.55. The monoisotopic (exact) mass is 192 g/mol. The van der Waals surface area contributed by atoms with Crippen LogP contribution in [0.25, 0.3) is 5.65 Å². The molecule has 0 bridgehead atoms. The molecular weight excluding hydrogens is 184 g/mol. The molecule has 2 N–H and O–H groups in total. The maximum Gasteiger partial charge on any atom is 0.339 e. The van der Waals surface area contributed by atoms with Gasteiger partial charge >= 0.3 is 5.97 Å². The molecule has 0 aliphatic carbocycles. The minimum atomic E-state index is -0.416. The summed E-state index contributed by atoms with van der Waals surface area (Å²) in [6.07, 6.45) is 1.52. The largest absolute Gasteiger partial charge is 0.465 e. The van der Waals surface area contributed by atoms with Crippen molar-refractivity contribution in [3.63, 3.8) is 0 Å². The molecular formula is C8H8N4O2. The van der Waals surface area contributed by atoms with Gasteiger partial charge in [-0.2, -0.15) is 4.98 Å². The van der Waals surface area contributed by atoms with Crippen LogP contribution in [0.5, 0.6) is 0 Å². The first kappa shape index (κ1) is 8.49. The van der Waals surface area contributed by atoms with E-state index in [0.717, 1.165) is 0 Å². The van der Waals surface area contributed by atoms with E-state index in [1.807, 2.05) is 0 Å². The van der Waals surface area contributed by atoms with Crippen LogP contribution in [-0.2, 0) is 4.74 Å². The second kappa shape index (κ2) is 2.99. The topological polar surface area (TPSA) is 82.5 Å². The number of esters is 1. The summed E-state index contributed by atoms with van der Waals surface area (Å²) >= 11 is 0. The minimum absolute atomic E-state index is 0.173. The molecule has 6 heteroatoms. The van der Waals surface area contributed by atoms with E-state index in [1.54, 1.807) is 12.1 Å². The number of rotatable bonds is 1. The molecule has 14 heavy (non-hydrogen) atoms. The number of hydrogen-bond acceptors (Lipinski definition) is 5. The van der Waals surface area contributed by atoms with Crippen molar-refractivity contribution in [2.45, 2.75) is 0 Å². The van der Waals surface area contributed by atoms with Crippen molar-refractivity contribution in [2.75, 3.05) is 12.8 Å². The van der Waals surface area contributed by atoms with E-state index in [1.165, 1.54) is 17.8 Å². The maximum atomic E-state index is 11.1. The van der Waals surface area contributed by atoms with Crippen molar-refractivity contribution in [2.24, 2.45) is 0 Å². The number of anilines is 1. The summed E-state index contributed by atoms with van der Waals surface area (Å²) in [6, 6.07) is 3.25. The van der Waals surface area contributed by atoms with E-state index in [-0.39, 0.29) is 5.95 Å². The molecule has 0 spiro atoms. The fourth-order valence-corrected chi connectivity index (χ4v) is 1.14. The van der Waals surface area contributed by atoms with Crippen molar-refractivity contribution in [1.29, 1.82) is 0 Å². The van der Waals surface area contributed by atoms with Crippen LogP contribution < -0.4 is 5.73 Å². The Kier molecular flexibility index (Phi) is 1.81. The van der Waals surface area contributed by atoms with Gasteiger partial charge < -0.3 is 10.5 Å². The van der Waals surface area contributed by atoms with E-state index in [2.05, 4.69) is 14.8 Å². The van der Waals surface area contributed by atoms with E-state index < -0.39 is 5.97 Å². The molecule has 0 radical (unpaired) electrons. The molecule has 0 saturated carbocycles. The van der Waals surface area contributed by atoms with Gasteiger partial charge in [0.2, 0.25) is 5.95 Å². The third-order valence-corrected chi connectivity index (χ3v) is 1.77. The summed E-state index contributed by atoms with van der Waals surface area (Å²) in [4.78, 5) is 15.1. The zero-order valence-corrected chi connectivity index (χ0v) is 7.47. The summed E-state index contributed by atoms with van der Waals surface area (Å²) < 4.78 is 5.99. The van der Waals surface area contributed by atoms with Crippen LogP contribution in [0, 0.1) is 0 Å². The minimum Gasteiger partial charge on any atom is -0.465 e. The number of methoxy groups -OCH3 is 1. The number of carbonyl (C=O) groups excluding carboxylic acids is 1. The molecule has 6 nitrogen and oxygen atoms in total. The molecule has 0 aliphatic rings. The lowest BCUT2D eigenvalue weighted by Crippen LogP contribution is -2.03. The van der Waals surface area contributed by atoms with Crippen molar-refractivity contribution in [3.8, 4) is 0 Å². The number of nitrogen functional groups attached to an aromatic ring is 1. The van der Waals surface area contributed by atoms with Crippen LogP contribution in [0.4, 0.5) is 5.95 Å². The number of nitrogens with zero attached hydrogens (tertiary/aromatic N) is 3. The van der Waals surface area contributed by atoms with Crippen LogP contribution in [0.2, 0.25) is 0 Å². The van der Waals surface area contributed by atoms with Crippen LogP contribution >= 0.6 is 0 Å². The lowest BCUT2D eigenvalue weighted by atomic mass is 10.3. The van der Waals surface area contributed by atoms with Crippen molar-refractivity contribution < 1.29 is 9.53 Å². The van der Waals surface area contributed by atoms with Gasteiger partial charge in [0.1, 0.15) is 0 Å². The summed E-state index contributed by atoms with van der Waals surface area (Å²) in [5.74, 6) is -0.243. The Morgan fingerprint density at radius 2 is 2.36 bits per heavy atom. The van der Waals surface area contributed by atoms with Crippen LogP contribution in [-0.4, -0.2) is 27.7 Å². The van der Waals surface area contributed by atoms with Crippen molar-refractivity contribution in [3.05, 3.63) is 23.9 Å². The molecule has 0 atom stereocenters. The molecule has 0 amide bonds. The zero-order valence-electron chi connectivity index (χ0n) is 7.47. The number of hydrogen-bond donors (Lipinski definition) is 1. The SMILES string of the molecule is COC(=O)c1ccc2nc(N)nn2c1. The average molecular weight is 192 g/mol. The van der Waals surface area contributed by atoms with E-state index in [4.69, 9.17) is 5.73 Å². The van der Waals surface area contributed by atoms with Crippen molar-refractivity contribution >= 4 is 17.6 Å². The Morgan fingerprint density at radius 3 is 3.07 bits per heavy atom. The summed E-state index contributed by atoms with van der Waals surface area (Å²) in [6.45, 7) is 0. The molecule has 0 aliphatic heterocycles. The van der Waals surface area contributed by atoms with E-state index in [0.29, 0.717) is 11.2 Å².